The molecule has 0 atom stereocenters. The summed E-state index contributed by atoms with van der Waals surface area (Å²) in [6.07, 6.45) is 0.675. The molecule has 1 heterocycles. The van der Waals surface area contributed by atoms with Crippen molar-refractivity contribution in [3.8, 4) is 6.07 Å². The van der Waals surface area contributed by atoms with Crippen molar-refractivity contribution >= 4 is 28.6 Å². The predicted molar refractivity (Wildman–Crippen MR) is 130 cm³/mol. The zero-order valence-corrected chi connectivity index (χ0v) is 18.7. The number of aromatic nitrogens is 2. The number of amides is 1. The van der Waals surface area contributed by atoms with Crippen LogP contribution in [0.15, 0.2) is 88.8 Å². The summed E-state index contributed by atoms with van der Waals surface area (Å²) in [5.74, 6) is -0.0531. The molecule has 0 unspecified atom stereocenters. The number of benzene rings is 3. The minimum absolute atomic E-state index is 0.174. The molecule has 0 bridgehead atoms. The number of carbonyl (C=O) groups excluding carboxylic acids is 1. The highest BCUT2D eigenvalue weighted by molar-refractivity contribution is 7.99. The summed E-state index contributed by atoms with van der Waals surface area (Å²) in [6.45, 7) is 0.869. The van der Waals surface area contributed by atoms with Gasteiger partial charge in [-0.25, -0.2) is 4.98 Å². The molecule has 6 nitrogen and oxygen atoms in total. The lowest BCUT2D eigenvalue weighted by Crippen LogP contribution is -2.25. The third-order valence-corrected chi connectivity index (χ3v) is 6.05. The number of nitrogens with one attached hydrogen (secondary N) is 1. The van der Waals surface area contributed by atoms with Gasteiger partial charge in [-0.1, -0.05) is 72.4 Å². The summed E-state index contributed by atoms with van der Waals surface area (Å²) in [5.41, 5.74) is 2.83. The van der Waals surface area contributed by atoms with Crippen LogP contribution in [0.1, 0.15) is 21.5 Å². The largest absolute Gasteiger partial charge is 0.348 e. The molecule has 0 aliphatic heterocycles. The molecule has 33 heavy (non-hydrogen) atoms. The Hall–Kier alpha value is -3.89. The van der Waals surface area contributed by atoms with E-state index in [2.05, 4.69) is 16.4 Å². The Bertz CT molecular complexity index is 1360. The predicted octanol–water partition coefficient (Wildman–Crippen LogP) is 4.18. The Morgan fingerprint density at radius 3 is 2.39 bits per heavy atom. The molecule has 164 valence electrons. The van der Waals surface area contributed by atoms with Gasteiger partial charge in [0.2, 0.25) is 0 Å². The van der Waals surface area contributed by atoms with E-state index in [1.807, 2.05) is 60.7 Å². The molecule has 0 saturated heterocycles. The first-order valence-corrected chi connectivity index (χ1v) is 11.5. The Kier molecular flexibility index (Phi) is 7.18. The molecular formula is C26H22N4O2S. The molecule has 7 heteroatoms. The Balaban J connectivity index is 1.61. The maximum Gasteiger partial charge on any atom is 0.262 e. The zero-order chi connectivity index (χ0) is 23.0. The van der Waals surface area contributed by atoms with Crippen LogP contribution in [0.5, 0.6) is 0 Å². The molecule has 4 rings (SSSR count). The van der Waals surface area contributed by atoms with Crippen molar-refractivity contribution in [3.05, 3.63) is 106 Å². The van der Waals surface area contributed by atoms with Crippen LogP contribution in [-0.2, 0) is 19.5 Å². The van der Waals surface area contributed by atoms with Crippen molar-refractivity contribution in [2.75, 3.05) is 5.75 Å². The smallest absolute Gasteiger partial charge is 0.262 e. The molecule has 0 aliphatic rings. The van der Waals surface area contributed by atoms with Gasteiger partial charge in [-0.2, -0.15) is 5.26 Å². The van der Waals surface area contributed by atoms with E-state index in [9.17, 15) is 9.59 Å². The minimum atomic E-state index is -0.234. The van der Waals surface area contributed by atoms with Crippen LogP contribution in [-0.4, -0.2) is 21.2 Å². The van der Waals surface area contributed by atoms with Crippen molar-refractivity contribution in [1.29, 1.82) is 5.26 Å². The van der Waals surface area contributed by atoms with E-state index < -0.39 is 0 Å². The van der Waals surface area contributed by atoms with E-state index in [1.54, 1.807) is 22.8 Å². The minimum Gasteiger partial charge on any atom is -0.348 e. The van der Waals surface area contributed by atoms with Gasteiger partial charge >= 0.3 is 0 Å². The van der Waals surface area contributed by atoms with Gasteiger partial charge in [0.25, 0.3) is 11.5 Å². The molecule has 1 aromatic heterocycles. The quantitative estimate of drug-likeness (QED) is 0.319. The fourth-order valence-corrected chi connectivity index (χ4v) is 4.20. The normalized spacial score (nSPS) is 10.6. The number of nitriles is 1. The summed E-state index contributed by atoms with van der Waals surface area (Å²) in [4.78, 5) is 30.6. The Morgan fingerprint density at radius 2 is 1.70 bits per heavy atom. The lowest BCUT2D eigenvalue weighted by atomic mass is 10.1. The van der Waals surface area contributed by atoms with Crippen LogP contribution in [0.4, 0.5) is 0 Å². The van der Waals surface area contributed by atoms with Crippen LogP contribution in [0, 0.1) is 11.3 Å². The first-order chi connectivity index (χ1) is 16.2. The van der Waals surface area contributed by atoms with Gasteiger partial charge in [0.05, 0.1) is 22.7 Å². The van der Waals surface area contributed by atoms with Crippen LogP contribution in [0.2, 0.25) is 0 Å². The van der Waals surface area contributed by atoms with Crippen LogP contribution >= 0.6 is 11.8 Å². The monoisotopic (exact) mass is 454 g/mol. The number of thioether (sulfide) groups is 1. The maximum absolute atomic E-state index is 13.3. The molecule has 4 aromatic rings. The number of aryl methyl sites for hydroxylation is 1. The number of rotatable bonds is 8. The molecule has 1 amide bonds. The van der Waals surface area contributed by atoms with Crippen molar-refractivity contribution in [1.82, 2.24) is 14.9 Å². The first-order valence-electron chi connectivity index (χ1n) is 10.6. The van der Waals surface area contributed by atoms with Gasteiger partial charge in [-0.3, -0.25) is 14.2 Å². The summed E-state index contributed by atoms with van der Waals surface area (Å²) in [5, 5.41) is 12.9. The van der Waals surface area contributed by atoms with Crippen molar-refractivity contribution in [2.45, 2.75) is 24.7 Å². The summed E-state index contributed by atoms with van der Waals surface area (Å²) < 4.78 is 1.62. The van der Waals surface area contributed by atoms with Gasteiger partial charge in [0, 0.05) is 18.7 Å². The van der Waals surface area contributed by atoms with E-state index in [1.165, 1.54) is 11.8 Å². The number of carbonyl (C=O) groups is 1. The van der Waals surface area contributed by atoms with E-state index in [0.29, 0.717) is 41.1 Å². The lowest BCUT2D eigenvalue weighted by Gasteiger charge is -2.13. The second kappa shape index (κ2) is 10.6. The molecule has 1 N–H and O–H groups in total. The molecule has 0 fully saturated rings. The maximum atomic E-state index is 13.3. The van der Waals surface area contributed by atoms with Gasteiger partial charge in [0.15, 0.2) is 5.16 Å². The number of hydrogen-bond donors (Lipinski definition) is 1. The van der Waals surface area contributed by atoms with Crippen molar-refractivity contribution in [3.63, 3.8) is 0 Å². The van der Waals surface area contributed by atoms with Gasteiger partial charge < -0.3 is 5.32 Å². The second-order valence-electron chi connectivity index (χ2n) is 7.43. The number of hydrogen-bond acceptors (Lipinski definition) is 5. The van der Waals surface area contributed by atoms with Gasteiger partial charge in [-0.05, 0) is 35.7 Å². The second-order valence-corrected chi connectivity index (χ2v) is 8.38. The highest BCUT2D eigenvalue weighted by Gasteiger charge is 2.14. The third kappa shape index (κ3) is 5.48. The zero-order valence-electron chi connectivity index (χ0n) is 17.9. The standard InChI is InChI=1S/C26H22N4O2S/c27-14-16-33-26-29-23-17-21(24(31)28-18-20-9-5-2-6-10-20)11-12-22(23)25(32)30(26)15-13-19-7-3-1-4-8-19/h1-12,17H,13,15-16,18H2,(H,28,31). The van der Waals surface area contributed by atoms with E-state index in [4.69, 9.17) is 5.26 Å². The average Bonchev–Trinajstić information content (AvgIpc) is 2.86. The Morgan fingerprint density at radius 1 is 1.00 bits per heavy atom. The topological polar surface area (TPSA) is 87.8 Å². The Labute approximate surface area is 195 Å². The van der Waals surface area contributed by atoms with E-state index in [0.717, 1.165) is 11.1 Å². The molecular weight excluding hydrogens is 432 g/mol. The lowest BCUT2D eigenvalue weighted by molar-refractivity contribution is 0.0951. The number of nitrogens with zero attached hydrogens (tertiary/aromatic N) is 3. The highest BCUT2D eigenvalue weighted by atomic mass is 32.2. The van der Waals surface area contributed by atoms with Crippen LogP contribution < -0.4 is 10.9 Å². The van der Waals surface area contributed by atoms with Gasteiger partial charge in [-0.15, -0.1) is 0 Å². The van der Waals surface area contributed by atoms with Crippen LogP contribution in [0.3, 0.4) is 0 Å². The molecule has 0 saturated carbocycles. The third-order valence-electron chi connectivity index (χ3n) is 5.21. The van der Waals surface area contributed by atoms with Crippen molar-refractivity contribution < 1.29 is 4.79 Å². The average molecular weight is 455 g/mol. The summed E-state index contributed by atoms with van der Waals surface area (Å²) in [7, 11) is 0. The fourth-order valence-electron chi connectivity index (χ4n) is 3.51. The summed E-state index contributed by atoms with van der Waals surface area (Å²) in [6, 6.07) is 26.6. The molecule has 0 radical (unpaired) electrons. The number of fused-ring (bicyclic) bond motifs is 1. The highest BCUT2D eigenvalue weighted by Crippen LogP contribution is 2.19. The fraction of sp³-hybridized carbons (Fsp3) is 0.154. The van der Waals surface area contributed by atoms with E-state index >= 15 is 0 Å². The SMILES string of the molecule is N#CCSc1nc2cc(C(=O)NCc3ccccc3)ccc2c(=O)n1CCc1ccccc1. The van der Waals surface area contributed by atoms with Gasteiger partial charge in [0.1, 0.15) is 0 Å². The molecule has 0 aliphatic carbocycles. The summed E-state index contributed by atoms with van der Waals surface area (Å²) >= 11 is 1.22. The first kappa shape index (κ1) is 22.3. The molecule has 0 spiro atoms. The van der Waals surface area contributed by atoms with Crippen LogP contribution in [0.25, 0.3) is 10.9 Å². The molecule has 3 aromatic carbocycles. The van der Waals surface area contributed by atoms with Crippen molar-refractivity contribution in [2.24, 2.45) is 0 Å². The van der Waals surface area contributed by atoms with E-state index in [-0.39, 0.29) is 17.2 Å².